The molecule has 1 heterocycles. The lowest BCUT2D eigenvalue weighted by atomic mass is 10.2. The zero-order valence-electron chi connectivity index (χ0n) is 11.2. The Hall–Kier alpha value is -2.40. The van der Waals surface area contributed by atoms with Gasteiger partial charge in [-0.2, -0.15) is 0 Å². The minimum Gasteiger partial charge on any atom is -0.383 e. The standard InChI is InChI=1S/C15H16N2O3/c1-20-10-9-16-15(19)12-7-8-14(18)17(11-12)13-5-3-2-4-6-13/h2-8,11H,9-10H2,1H3,(H,16,19). The van der Waals surface area contributed by atoms with E-state index in [-0.39, 0.29) is 11.5 Å². The van der Waals surface area contributed by atoms with Gasteiger partial charge in [0.15, 0.2) is 0 Å². The van der Waals surface area contributed by atoms with Crippen LogP contribution in [0, 0.1) is 0 Å². The molecule has 0 spiro atoms. The van der Waals surface area contributed by atoms with Crippen LogP contribution in [0.2, 0.25) is 0 Å². The monoisotopic (exact) mass is 272 g/mol. The van der Waals surface area contributed by atoms with Crippen LogP contribution in [0.25, 0.3) is 5.69 Å². The number of carbonyl (C=O) groups is 1. The number of pyridine rings is 1. The molecule has 2 aromatic rings. The molecule has 2 rings (SSSR count). The van der Waals surface area contributed by atoms with E-state index in [1.54, 1.807) is 13.3 Å². The summed E-state index contributed by atoms with van der Waals surface area (Å²) in [5.41, 5.74) is 0.984. The lowest BCUT2D eigenvalue weighted by molar-refractivity contribution is 0.0936. The van der Waals surface area contributed by atoms with Gasteiger partial charge in [-0.1, -0.05) is 18.2 Å². The first-order valence-electron chi connectivity index (χ1n) is 6.27. The van der Waals surface area contributed by atoms with E-state index in [0.29, 0.717) is 18.7 Å². The maximum absolute atomic E-state index is 11.9. The van der Waals surface area contributed by atoms with Crippen molar-refractivity contribution in [3.05, 3.63) is 64.6 Å². The lowest BCUT2D eigenvalue weighted by Crippen LogP contribution is -2.28. The van der Waals surface area contributed by atoms with Gasteiger partial charge in [-0.3, -0.25) is 14.2 Å². The van der Waals surface area contributed by atoms with Crippen molar-refractivity contribution < 1.29 is 9.53 Å². The van der Waals surface area contributed by atoms with E-state index in [0.717, 1.165) is 5.69 Å². The molecular formula is C15H16N2O3. The molecule has 1 aromatic carbocycles. The van der Waals surface area contributed by atoms with E-state index < -0.39 is 0 Å². The van der Waals surface area contributed by atoms with Gasteiger partial charge >= 0.3 is 0 Å². The molecule has 0 aliphatic carbocycles. The maximum Gasteiger partial charge on any atom is 0.255 e. The summed E-state index contributed by atoms with van der Waals surface area (Å²) in [6, 6.07) is 12.1. The van der Waals surface area contributed by atoms with E-state index in [1.807, 2.05) is 30.3 Å². The summed E-state index contributed by atoms with van der Waals surface area (Å²) in [5.74, 6) is -0.230. The highest BCUT2D eigenvalue weighted by Gasteiger charge is 2.07. The summed E-state index contributed by atoms with van der Waals surface area (Å²) in [7, 11) is 1.57. The number of nitrogens with zero attached hydrogens (tertiary/aromatic N) is 1. The molecule has 0 fully saturated rings. The Morgan fingerprint density at radius 1 is 1.20 bits per heavy atom. The number of para-hydroxylation sites is 1. The molecule has 0 atom stereocenters. The highest BCUT2D eigenvalue weighted by atomic mass is 16.5. The Labute approximate surface area is 116 Å². The maximum atomic E-state index is 11.9. The lowest BCUT2D eigenvalue weighted by Gasteiger charge is -2.08. The molecule has 0 bridgehead atoms. The van der Waals surface area contributed by atoms with Gasteiger partial charge < -0.3 is 10.1 Å². The van der Waals surface area contributed by atoms with Gasteiger partial charge in [-0.05, 0) is 18.2 Å². The number of rotatable bonds is 5. The van der Waals surface area contributed by atoms with E-state index in [4.69, 9.17) is 4.74 Å². The molecule has 5 nitrogen and oxygen atoms in total. The molecule has 0 aliphatic heterocycles. The Morgan fingerprint density at radius 2 is 1.95 bits per heavy atom. The zero-order chi connectivity index (χ0) is 14.4. The van der Waals surface area contributed by atoms with Gasteiger partial charge in [0, 0.05) is 31.6 Å². The second-order valence-corrected chi connectivity index (χ2v) is 4.21. The second-order valence-electron chi connectivity index (χ2n) is 4.21. The van der Waals surface area contributed by atoms with Crippen LogP contribution < -0.4 is 10.9 Å². The molecule has 5 heteroatoms. The third-order valence-electron chi connectivity index (χ3n) is 2.80. The minimum atomic E-state index is -0.230. The van der Waals surface area contributed by atoms with Crippen LogP contribution in [0.15, 0.2) is 53.5 Å². The third-order valence-corrected chi connectivity index (χ3v) is 2.80. The van der Waals surface area contributed by atoms with Gasteiger partial charge in [-0.15, -0.1) is 0 Å². The topological polar surface area (TPSA) is 60.3 Å². The quantitative estimate of drug-likeness (QED) is 0.832. The van der Waals surface area contributed by atoms with E-state index in [9.17, 15) is 9.59 Å². The first-order valence-corrected chi connectivity index (χ1v) is 6.27. The molecule has 1 amide bonds. The highest BCUT2D eigenvalue weighted by molar-refractivity contribution is 5.93. The molecule has 0 saturated carbocycles. The summed E-state index contributed by atoms with van der Waals surface area (Å²) in [6.07, 6.45) is 1.54. The Bertz CT molecular complexity index is 635. The fourth-order valence-electron chi connectivity index (χ4n) is 1.78. The predicted molar refractivity (Wildman–Crippen MR) is 76.2 cm³/mol. The van der Waals surface area contributed by atoms with E-state index >= 15 is 0 Å². The first-order chi connectivity index (χ1) is 9.72. The number of carbonyl (C=O) groups excluding carboxylic acids is 1. The van der Waals surface area contributed by atoms with Crippen molar-refractivity contribution in [2.45, 2.75) is 0 Å². The van der Waals surface area contributed by atoms with Crippen LogP contribution in [0.4, 0.5) is 0 Å². The Morgan fingerprint density at radius 3 is 2.65 bits per heavy atom. The average Bonchev–Trinajstić information content (AvgIpc) is 2.49. The van der Waals surface area contributed by atoms with Crippen molar-refractivity contribution >= 4 is 5.91 Å². The fourth-order valence-corrected chi connectivity index (χ4v) is 1.78. The summed E-state index contributed by atoms with van der Waals surface area (Å²) < 4.78 is 6.32. The Kier molecular flexibility index (Phi) is 4.68. The van der Waals surface area contributed by atoms with Crippen molar-refractivity contribution in [3.8, 4) is 5.69 Å². The van der Waals surface area contributed by atoms with Crippen LogP contribution in [-0.4, -0.2) is 30.7 Å². The average molecular weight is 272 g/mol. The predicted octanol–water partition coefficient (Wildman–Crippen LogP) is 1.21. The highest BCUT2D eigenvalue weighted by Crippen LogP contribution is 2.05. The fraction of sp³-hybridized carbons (Fsp3) is 0.200. The van der Waals surface area contributed by atoms with Gasteiger partial charge in [0.2, 0.25) is 0 Å². The van der Waals surface area contributed by atoms with Gasteiger partial charge in [0.25, 0.3) is 11.5 Å². The van der Waals surface area contributed by atoms with E-state index in [2.05, 4.69) is 5.32 Å². The number of aromatic nitrogens is 1. The van der Waals surface area contributed by atoms with Crippen LogP contribution >= 0.6 is 0 Å². The van der Waals surface area contributed by atoms with Crippen molar-refractivity contribution in [3.63, 3.8) is 0 Å². The summed E-state index contributed by atoms with van der Waals surface area (Å²) in [6.45, 7) is 0.879. The third kappa shape index (κ3) is 3.33. The van der Waals surface area contributed by atoms with Crippen LogP contribution in [0.1, 0.15) is 10.4 Å². The smallest absolute Gasteiger partial charge is 0.255 e. The number of hydrogen-bond acceptors (Lipinski definition) is 3. The summed E-state index contributed by atoms with van der Waals surface area (Å²) >= 11 is 0. The molecule has 104 valence electrons. The van der Waals surface area contributed by atoms with E-state index in [1.165, 1.54) is 16.7 Å². The van der Waals surface area contributed by atoms with Gasteiger partial charge in [0.1, 0.15) is 0 Å². The largest absolute Gasteiger partial charge is 0.383 e. The number of nitrogens with one attached hydrogen (secondary N) is 1. The number of ether oxygens (including phenoxy) is 1. The molecular weight excluding hydrogens is 256 g/mol. The van der Waals surface area contributed by atoms with Crippen LogP contribution in [-0.2, 0) is 4.74 Å². The van der Waals surface area contributed by atoms with Gasteiger partial charge in [-0.25, -0.2) is 0 Å². The summed E-state index contributed by atoms with van der Waals surface area (Å²) in [4.78, 5) is 23.8. The molecule has 1 aromatic heterocycles. The van der Waals surface area contributed by atoms with Crippen molar-refractivity contribution in [2.75, 3.05) is 20.3 Å². The molecule has 0 aliphatic rings. The SMILES string of the molecule is COCCNC(=O)c1ccc(=O)n(-c2ccccc2)c1. The molecule has 0 radical (unpaired) electrons. The van der Waals surface area contributed by atoms with Crippen molar-refractivity contribution in [1.29, 1.82) is 0 Å². The number of amides is 1. The molecule has 1 N–H and O–H groups in total. The van der Waals surface area contributed by atoms with Crippen LogP contribution in [0.5, 0.6) is 0 Å². The number of hydrogen-bond donors (Lipinski definition) is 1. The summed E-state index contributed by atoms with van der Waals surface area (Å²) in [5, 5.41) is 2.72. The normalized spacial score (nSPS) is 10.2. The van der Waals surface area contributed by atoms with Crippen molar-refractivity contribution in [2.24, 2.45) is 0 Å². The number of benzene rings is 1. The van der Waals surface area contributed by atoms with Crippen molar-refractivity contribution in [1.82, 2.24) is 9.88 Å². The molecule has 0 saturated heterocycles. The van der Waals surface area contributed by atoms with Gasteiger partial charge in [0.05, 0.1) is 12.2 Å². The molecule has 0 unspecified atom stereocenters. The second kappa shape index (κ2) is 6.68. The first kappa shape index (κ1) is 14.0. The zero-order valence-corrected chi connectivity index (χ0v) is 11.2. The Balaban J connectivity index is 2.25. The molecule has 20 heavy (non-hydrogen) atoms. The van der Waals surface area contributed by atoms with Crippen LogP contribution in [0.3, 0.4) is 0 Å². The number of methoxy groups -OCH3 is 1. The minimum absolute atomic E-state index is 0.176.